The molecule has 10 nitrogen and oxygen atoms in total. The molecule has 152 valence electrons. The normalized spacial score (nSPS) is 24.5. The van der Waals surface area contributed by atoms with E-state index in [1.54, 1.807) is 0 Å². The van der Waals surface area contributed by atoms with Crippen molar-refractivity contribution in [2.45, 2.75) is 19.5 Å². The van der Waals surface area contributed by atoms with Crippen LogP contribution in [0.5, 0.6) is 0 Å². The maximum atomic E-state index is 12.0. The second-order valence-corrected chi connectivity index (χ2v) is 7.41. The Morgan fingerprint density at radius 2 is 1.75 bits per heavy atom. The van der Waals surface area contributed by atoms with Gasteiger partial charge in [0.2, 0.25) is 11.9 Å². The topological polar surface area (TPSA) is 94.1 Å². The molecule has 1 aromatic rings. The van der Waals surface area contributed by atoms with Crippen LogP contribution in [0.4, 0.5) is 16.6 Å². The summed E-state index contributed by atoms with van der Waals surface area (Å²) in [5.41, 5.74) is 0.946. The third kappa shape index (κ3) is 3.88. The lowest BCUT2D eigenvalue weighted by molar-refractivity contribution is -0.130. The van der Waals surface area contributed by atoms with Crippen molar-refractivity contribution in [2.24, 2.45) is 0 Å². The highest BCUT2D eigenvalue weighted by Gasteiger charge is 2.34. The number of nitrogens with one attached hydrogen (secondary N) is 1. The second-order valence-electron chi connectivity index (χ2n) is 7.41. The van der Waals surface area contributed by atoms with Gasteiger partial charge >= 0.3 is 6.03 Å². The number of nitrogens with zero attached hydrogens (tertiary/aromatic N) is 6. The van der Waals surface area contributed by atoms with Crippen LogP contribution < -0.4 is 15.1 Å². The van der Waals surface area contributed by atoms with Crippen molar-refractivity contribution in [1.29, 1.82) is 0 Å². The first-order valence-electron chi connectivity index (χ1n) is 9.76. The van der Waals surface area contributed by atoms with Gasteiger partial charge in [-0.05, 0) is 6.92 Å². The molecule has 1 aromatic heterocycles. The zero-order chi connectivity index (χ0) is 19.7. The minimum atomic E-state index is -0.328. The summed E-state index contributed by atoms with van der Waals surface area (Å²) in [6.45, 7) is 8.10. The molecule has 4 heterocycles. The number of morpholine rings is 1. The summed E-state index contributed by atoms with van der Waals surface area (Å²) < 4.78 is 5.42. The molecule has 1 atom stereocenters. The van der Waals surface area contributed by atoms with Crippen molar-refractivity contribution in [3.63, 3.8) is 0 Å². The minimum Gasteiger partial charge on any atom is -0.378 e. The van der Waals surface area contributed by atoms with Crippen molar-refractivity contribution < 1.29 is 14.3 Å². The van der Waals surface area contributed by atoms with Crippen LogP contribution in [0, 0.1) is 6.92 Å². The van der Waals surface area contributed by atoms with E-state index in [2.05, 4.69) is 25.0 Å². The highest BCUT2D eigenvalue weighted by atomic mass is 16.5. The third-order valence-electron chi connectivity index (χ3n) is 5.54. The van der Waals surface area contributed by atoms with E-state index in [-0.39, 0.29) is 18.1 Å². The van der Waals surface area contributed by atoms with Gasteiger partial charge in [-0.15, -0.1) is 0 Å². The lowest BCUT2D eigenvalue weighted by Gasteiger charge is -2.42. The Morgan fingerprint density at radius 3 is 2.43 bits per heavy atom. The lowest BCUT2D eigenvalue weighted by Crippen LogP contribution is -2.62. The molecule has 3 aliphatic rings. The number of anilines is 2. The third-order valence-corrected chi connectivity index (χ3v) is 5.54. The van der Waals surface area contributed by atoms with E-state index in [0.29, 0.717) is 19.6 Å². The van der Waals surface area contributed by atoms with Crippen molar-refractivity contribution in [2.75, 3.05) is 69.3 Å². The predicted molar refractivity (Wildman–Crippen MR) is 103 cm³/mol. The first kappa shape index (κ1) is 18.9. The molecule has 1 N–H and O–H groups in total. The number of aryl methyl sites for hydroxylation is 1. The van der Waals surface area contributed by atoms with Crippen molar-refractivity contribution in [3.05, 3.63) is 11.8 Å². The monoisotopic (exact) mass is 389 g/mol. The zero-order valence-corrected chi connectivity index (χ0v) is 16.4. The van der Waals surface area contributed by atoms with Gasteiger partial charge in [0.1, 0.15) is 5.82 Å². The second kappa shape index (κ2) is 7.88. The smallest absolute Gasteiger partial charge is 0.325 e. The van der Waals surface area contributed by atoms with E-state index >= 15 is 0 Å². The first-order valence-corrected chi connectivity index (χ1v) is 9.76. The molecule has 28 heavy (non-hydrogen) atoms. The van der Waals surface area contributed by atoms with Crippen molar-refractivity contribution in [1.82, 2.24) is 25.1 Å². The van der Waals surface area contributed by atoms with Gasteiger partial charge in [0.25, 0.3) is 0 Å². The Balaban J connectivity index is 1.40. The molecule has 0 aliphatic carbocycles. The zero-order valence-electron chi connectivity index (χ0n) is 16.4. The molecule has 1 unspecified atom stereocenters. The van der Waals surface area contributed by atoms with E-state index < -0.39 is 0 Å². The van der Waals surface area contributed by atoms with Gasteiger partial charge in [-0.25, -0.2) is 9.78 Å². The Hall–Kier alpha value is -2.46. The summed E-state index contributed by atoms with van der Waals surface area (Å²) in [6.07, 6.45) is 0.0881. The lowest BCUT2D eigenvalue weighted by atomic mass is 10.2. The number of hydrogen-bond donors (Lipinski definition) is 1. The fraction of sp³-hybridized carbons (Fsp3) is 0.667. The molecule has 0 aromatic carbocycles. The number of carbonyl (C=O) groups excluding carboxylic acids is 2. The Kier molecular flexibility index (Phi) is 5.31. The standard InChI is InChI=1S/C18H27N7O3/c1-13-11-14(20-17(19-13)25-7-9-28-10-8-25)23-3-5-24(6-4-23)15-12-16(26)22(2)18(27)21-15/h11,15H,3-10,12H2,1-2H3,(H,21,27). The van der Waals surface area contributed by atoms with E-state index in [1.807, 2.05) is 13.0 Å². The van der Waals surface area contributed by atoms with Crippen molar-refractivity contribution in [3.8, 4) is 0 Å². The van der Waals surface area contributed by atoms with Crippen LogP contribution in [0.2, 0.25) is 0 Å². The summed E-state index contributed by atoms with van der Waals surface area (Å²) >= 11 is 0. The summed E-state index contributed by atoms with van der Waals surface area (Å²) in [6, 6.07) is 1.69. The van der Waals surface area contributed by atoms with E-state index in [4.69, 9.17) is 9.72 Å². The van der Waals surface area contributed by atoms with Crippen LogP contribution in [0.3, 0.4) is 0 Å². The quantitative estimate of drug-likeness (QED) is 0.749. The van der Waals surface area contributed by atoms with Gasteiger partial charge in [0.05, 0.1) is 25.8 Å². The number of rotatable bonds is 3. The van der Waals surface area contributed by atoms with Gasteiger partial charge < -0.3 is 19.9 Å². The fourth-order valence-corrected chi connectivity index (χ4v) is 3.79. The van der Waals surface area contributed by atoms with Gasteiger partial charge in [0.15, 0.2) is 0 Å². The molecular formula is C18H27N7O3. The predicted octanol–water partition coefficient (Wildman–Crippen LogP) is -0.359. The number of ether oxygens (including phenoxy) is 1. The highest BCUT2D eigenvalue weighted by molar-refractivity contribution is 5.96. The Bertz CT molecular complexity index is 727. The van der Waals surface area contributed by atoms with Crippen LogP contribution in [0.25, 0.3) is 0 Å². The van der Waals surface area contributed by atoms with Crippen LogP contribution in [0.1, 0.15) is 12.1 Å². The van der Waals surface area contributed by atoms with Gasteiger partial charge in [-0.2, -0.15) is 4.98 Å². The molecule has 10 heteroatoms. The molecular weight excluding hydrogens is 362 g/mol. The SMILES string of the molecule is Cc1cc(N2CCN(C3CC(=O)N(C)C(=O)N3)CC2)nc(N2CCOCC2)n1. The molecule has 3 saturated heterocycles. The molecule has 0 radical (unpaired) electrons. The average molecular weight is 389 g/mol. The average Bonchev–Trinajstić information content (AvgIpc) is 2.72. The molecule has 0 bridgehead atoms. The van der Waals surface area contributed by atoms with Gasteiger partial charge in [-0.1, -0.05) is 0 Å². The first-order chi connectivity index (χ1) is 13.5. The molecule has 3 amide bonds. The molecule has 3 fully saturated rings. The summed E-state index contributed by atoms with van der Waals surface area (Å²) in [4.78, 5) is 41.0. The fourth-order valence-electron chi connectivity index (χ4n) is 3.79. The van der Waals surface area contributed by atoms with E-state index in [1.165, 1.54) is 7.05 Å². The number of urea groups is 1. The Morgan fingerprint density at radius 1 is 1.04 bits per heavy atom. The number of imide groups is 1. The number of aromatic nitrogens is 2. The largest absolute Gasteiger partial charge is 0.378 e. The summed E-state index contributed by atoms with van der Waals surface area (Å²) in [5.74, 6) is 1.55. The van der Waals surface area contributed by atoms with Gasteiger partial charge in [0, 0.05) is 58.1 Å². The van der Waals surface area contributed by atoms with Crippen LogP contribution in [-0.4, -0.2) is 97.4 Å². The number of piperazine rings is 1. The molecule has 4 rings (SSSR count). The summed E-state index contributed by atoms with van der Waals surface area (Å²) in [5, 5.41) is 2.91. The van der Waals surface area contributed by atoms with Gasteiger partial charge in [-0.3, -0.25) is 14.6 Å². The van der Waals surface area contributed by atoms with E-state index in [9.17, 15) is 9.59 Å². The van der Waals surface area contributed by atoms with Crippen LogP contribution in [-0.2, 0) is 9.53 Å². The number of amides is 3. The minimum absolute atomic E-state index is 0.141. The number of carbonyl (C=O) groups is 2. The highest BCUT2D eigenvalue weighted by Crippen LogP contribution is 2.21. The Labute approximate surface area is 164 Å². The molecule has 0 spiro atoms. The van der Waals surface area contributed by atoms with E-state index in [0.717, 1.165) is 61.6 Å². The maximum absolute atomic E-state index is 12.0. The number of hydrogen-bond acceptors (Lipinski definition) is 8. The molecule has 3 aliphatic heterocycles. The maximum Gasteiger partial charge on any atom is 0.325 e. The molecule has 0 saturated carbocycles. The van der Waals surface area contributed by atoms with Crippen LogP contribution in [0.15, 0.2) is 6.07 Å². The summed E-state index contributed by atoms with van der Waals surface area (Å²) in [7, 11) is 1.51. The van der Waals surface area contributed by atoms with Crippen molar-refractivity contribution >= 4 is 23.7 Å². The van der Waals surface area contributed by atoms with Crippen LogP contribution >= 0.6 is 0 Å².